The Morgan fingerprint density at radius 2 is 2.18 bits per heavy atom. The molecule has 2 heterocycles. The molecule has 1 atom stereocenters. The average Bonchev–Trinajstić information content (AvgIpc) is 2.56. The van der Waals surface area contributed by atoms with E-state index in [1.54, 1.807) is 18.6 Å². The number of carbonyl (C=O) groups excluding carboxylic acids is 1. The topological polar surface area (TPSA) is 66.9 Å². The van der Waals surface area contributed by atoms with Crippen LogP contribution in [0.25, 0.3) is 0 Å². The lowest BCUT2D eigenvalue weighted by atomic mass is 9.84. The summed E-state index contributed by atoms with van der Waals surface area (Å²) in [6.45, 7) is 7.08. The van der Waals surface area contributed by atoms with Crippen molar-refractivity contribution in [3.63, 3.8) is 0 Å². The van der Waals surface area contributed by atoms with Gasteiger partial charge in [0.05, 0.1) is 11.7 Å². The number of rotatable bonds is 2. The van der Waals surface area contributed by atoms with E-state index in [-0.39, 0.29) is 11.3 Å². The highest BCUT2D eigenvalue weighted by Gasteiger charge is 2.44. The highest BCUT2D eigenvalue weighted by atomic mass is 16.2. The van der Waals surface area contributed by atoms with Gasteiger partial charge < -0.3 is 10.6 Å². The SMILES string of the molecule is CC1(C)CNC(C)(C(=O)Nc2cnccn2)C1. The third-order valence-corrected chi connectivity index (χ3v) is 3.10. The van der Waals surface area contributed by atoms with Gasteiger partial charge in [-0.25, -0.2) is 4.98 Å². The zero-order chi connectivity index (χ0) is 12.5. The number of nitrogens with one attached hydrogen (secondary N) is 2. The van der Waals surface area contributed by atoms with E-state index in [2.05, 4.69) is 34.4 Å². The molecule has 17 heavy (non-hydrogen) atoms. The van der Waals surface area contributed by atoms with E-state index in [0.717, 1.165) is 13.0 Å². The van der Waals surface area contributed by atoms with Gasteiger partial charge >= 0.3 is 0 Å². The number of aromatic nitrogens is 2. The van der Waals surface area contributed by atoms with Crippen molar-refractivity contribution in [3.8, 4) is 0 Å². The summed E-state index contributed by atoms with van der Waals surface area (Å²) in [6.07, 6.45) is 5.49. The molecule has 1 unspecified atom stereocenters. The van der Waals surface area contributed by atoms with E-state index in [1.807, 2.05) is 6.92 Å². The third kappa shape index (κ3) is 2.61. The van der Waals surface area contributed by atoms with Gasteiger partial charge in [-0.1, -0.05) is 13.8 Å². The minimum atomic E-state index is -0.527. The molecule has 0 bridgehead atoms. The van der Waals surface area contributed by atoms with E-state index in [1.165, 1.54) is 0 Å². The largest absolute Gasteiger partial charge is 0.308 e. The Kier molecular flexibility index (Phi) is 2.87. The molecule has 2 rings (SSSR count). The lowest BCUT2D eigenvalue weighted by molar-refractivity contribution is -0.121. The molecule has 0 radical (unpaired) electrons. The summed E-state index contributed by atoms with van der Waals surface area (Å²) in [4.78, 5) is 20.1. The van der Waals surface area contributed by atoms with Crippen LogP contribution in [-0.2, 0) is 4.79 Å². The summed E-state index contributed by atoms with van der Waals surface area (Å²) in [7, 11) is 0. The highest BCUT2D eigenvalue weighted by molar-refractivity contribution is 5.97. The Morgan fingerprint density at radius 1 is 1.41 bits per heavy atom. The van der Waals surface area contributed by atoms with E-state index < -0.39 is 5.54 Å². The van der Waals surface area contributed by atoms with Crippen molar-refractivity contribution < 1.29 is 4.79 Å². The van der Waals surface area contributed by atoms with E-state index >= 15 is 0 Å². The van der Waals surface area contributed by atoms with Gasteiger partial charge in [-0.2, -0.15) is 0 Å². The van der Waals surface area contributed by atoms with Crippen LogP contribution >= 0.6 is 0 Å². The predicted octanol–water partition coefficient (Wildman–Crippen LogP) is 1.19. The molecule has 0 aromatic carbocycles. The number of carbonyl (C=O) groups is 1. The van der Waals surface area contributed by atoms with Crippen LogP contribution in [-0.4, -0.2) is 28.0 Å². The summed E-state index contributed by atoms with van der Waals surface area (Å²) in [5, 5.41) is 6.07. The Balaban J connectivity index is 2.06. The first-order valence-corrected chi connectivity index (χ1v) is 5.74. The average molecular weight is 234 g/mol. The number of anilines is 1. The van der Waals surface area contributed by atoms with Crippen molar-refractivity contribution in [3.05, 3.63) is 18.6 Å². The van der Waals surface area contributed by atoms with Crippen molar-refractivity contribution in [2.75, 3.05) is 11.9 Å². The molecule has 1 fully saturated rings. The third-order valence-electron chi connectivity index (χ3n) is 3.10. The zero-order valence-electron chi connectivity index (χ0n) is 10.4. The van der Waals surface area contributed by atoms with Gasteiger partial charge in [0.25, 0.3) is 0 Å². The normalized spacial score (nSPS) is 26.8. The van der Waals surface area contributed by atoms with Crippen LogP contribution in [0.1, 0.15) is 27.2 Å². The second kappa shape index (κ2) is 4.07. The van der Waals surface area contributed by atoms with E-state index in [0.29, 0.717) is 5.82 Å². The fourth-order valence-electron chi connectivity index (χ4n) is 2.29. The van der Waals surface area contributed by atoms with Gasteiger partial charge in [-0.05, 0) is 18.8 Å². The van der Waals surface area contributed by atoms with Crippen molar-refractivity contribution in [2.24, 2.45) is 5.41 Å². The molecule has 0 aliphatic carbocycles. The molecule has 1 saturated heterocycles. The van der Waals surface area contributed by atoms with Crippen molar-refractivity contribution >= 4 is 11.7 Å². The lowest BCUT2D eigenvalue weighted by Crippen LogP contribution is -2.48. The maximum Gasteiger partial charge on any atom is 0.245 e. The van der Waals surface area contributed by atoms with Gasteiger partial charge in [0.2, 0.25) is 5.91 Å². The maximum absolute atomic E-state index is 12.2. The quantitative estimate of drug-likeness (QED) is 0.806. The smallest absolute Gasteiger partial charge is 0.245 e. The van der Waals surface area contributed by atoms with E-state index in [9.17, 15) is 4.79 Å². The van der Waals surface area contributed by atoms with Crippen LogP contribution in [0.4, 0.5) is 5.82 Å². The van der Waals surface area contributed by atoms with Gasteiger partial charge in [0.1, 0.15) is 0 Å². The molecule has 1 aromatic heterocycles. The number of amides is 1. The van der Waals surface area contributed by atoms with Crippen LogP contribution in [0.15, 0.2) is 18.6 Å². The summed E-state index contributed by atoms with van der Waals surface area (Å²) >= 11 is 0. The summed E-state index contributed by atoms with van der Waals surface area (Å²) in [6, 6.07) is 0. The second-order valence-electron chi connectivity index (χ2n) is 5.57. The monoisotopic (exact) mass is 234 g/mol. The Labute approximate surface area is 101 Å². The molecule has 0 saturated carbocycles. The standard InChI is InChI=1S/C12H18N4O/c1-11(2)7-12(3,15-8-11)10(17)16-9-6-13-4-5-14-9/h4-6,15H,7-8H2,1-3H3,(H,14,16,17). The van der Waals surface area contributed by atoms with Gasteiger partial charge in [0.15, 0.2) is 5.82 Å². The summed E-state index contributed by atoms with van der Waals surface area (Å²) in [5.74, 6) is 0.439. The van der Waals surface area contributed by atoms with Gasteiger partial charge in [-0.3, -0.25) is 9.78 Å². The number of hydrogen-bond acceptors (Lipinski definition) is 4. The second-order valence-corrected chi connectivity index (χ2v) is 5.57. The molecule has 5 heteroatoms. The van der Waals surface area contributed by atoms with Gasteiger partial charge in [0, 0.05) is 18.9 Å². The zero-order valence-corrected chi connectivity index (χ0v) is 10.4. The van der Waals surface area contributed by atoms with Gasteiger partial charge in [-0.15, -0.1) is 0 Å². The first-order chi connectivity index (χ1) is 7.91. The molecule has 2 N–H and O–H groups in total. The Morgan fingerprint density at radius 3 is 2.71 bits per heavy atom. The molecular weight excluding hydrogens is 216 g/mol. The molecule has 1 aliphatic rings. The molecule has 5 nitrogen and oxygen atoms in total. The van der Waals surface area contributed by atoms with Crippen LogP contribution in [0, 0.1) is 5.41 Å². The molecule has 92 valence electrons. The first kappa shape index (κ1) is 12.0. The summed E-state index contributed by atoms with van der Waals surface area (Å²) < 4.78 is 0. The predicted molar refractivity (Wildman–Crippen MR) is 65.5 cm³/mol. The fourth-order valence-corrected chi connectivity index (χ4v) is 2.29. The maximum atomic E-state index is 12.2. The molecular formula is C12H18N4O. The van der Waals surface area contributed by atoms with Crippen molar-refractivity contribution in [2.45, 2.75) is 32.7 Å². The molecule has 1 aromatic rings. The minimum Gasteiger partial charge on any atom is -0.308 e. The van der Waals surface area contributed by atoms with Crippen LogP contribution in [0.2, 0.25) is 0 Å². The molecule has 1 amide bonds. The first-order valence-electron chi connectivity index (χ1n) is 5.74. The summed E-state index contributed by atoms with van der Waals surface area (Å²) in [5.41, 5.74) is -0.379. The van der Waals surface area contributed by atoms with Crippen molar-refractivity contribution in [1.82, 2.24) is 15.3 Å². The number of hydrogen-bond donors (Lipinski definition) is 2. The van der Waals surface area contributed by atoms with Crippen molar-refractivity contribution in [1.29, 1.82) is 0 Å². The highest BCUT2D eigenvalue weighted by Crippen LogP contribution is 2.34. The molecule has 1 aliphatic heterocycles. The van der Waals surface area contributed by atoms with Crippen LogP contribution in [0.5, 0.6) is 0 Å². The minimum absolute atomic E-state index is 0.0522. The number of nitrogens with zero attached hydrogens (tertiary/aromatic N) is 2. The fraction of sp³-hybridized carbons (Fsp3) is 0.583. The lowest BCUT2D eigenvalue weighted by Gasteiger charge is -2.24. The Bertz CT molecular complexity index is 418. The van der Waals surface area contributed by atoms with Crippen LogP contribution < -0.4 is 10.6 Å². The van der Waals surface area contributed by atoms with E-state index in [4.69, 9.17) is 0 Å². The Hall–Kier alpha value is -1.49. The molecule has 0 spiro atoms. The van der Waals surface area contributed by atoms with Crippen LogP contribution in [0.3, 0.4) is 0 Å².